The highest BCUT2D eigenvalue weighted by atomic mass is 32.2. The summed E-state index contributed by atoms with van der Waals surface area (Å²) in [6.07, 6.45) is 4.31. The van der Waals surface area contributed by atoms with Gasteiger partial charge in [0.15, 0.2) is 6.61 Å². The number of nitrogens with zero attached hydrogens (tertiary/aromatic N) is 2. The second-order valence-electron chi connectivity index (χ2n) is 9.54. The van der Waals surface area contributed by atoms with Crippen LogP contribution in [0.25, 0.3) is 10.9 Å². The van der Waals surface area contributed by atoms with Gasteiger partial charge in [-0.3, -0.25) is 9.78 Å². The van der Waals surface area contributed by atoms with E-state index in [-0.39, 0.29) is 4.90 Å². The number of amides is 1. The zero-order valence-electron chi connectivity index (χ0n) is 20.2. The number of hydrogen-bond acceptors (Lipinski definition) is 6. The summed E-state index contributed by atoms with van der Waals surface area (Å²) >= 11 is 0. The summed E-state index contributed by atoms with van der Waals surface area (Å²) in [5.74, 6) is -0.604. The van der Waals surface area contributed by atoms with Gasteiger partial charge in [0, 0.05) is 29.9 Å². The van der Waals surface area contributed by atoms with Crippen LogP contribution in [0.2, 0.25) is 0 Å². The van der Waals surface area contributed by atoms with Gasteiger partial charge in [-0.05, 0) is 73.9 Å². The van der Waals surface area contributed by atoms with Crippen LogP contribution in [-0.2, 0) is 32.4 Å². The average Bonchev–Trinajstić information content (AvgIpc) is 3.42. The number of rotatable bonds is 6. The second kappa shape index (κ2) is 9.99. The number of esters is 1. The van der Waals surface area contributed by atoms with Crippen molar-refractivity contribution in [1.82, 2.24) is 9.29 Å². The van der Waals surface area contributed by atoms with E-state index in [1.807, 2.05) is 24.3 Å². The number of sulfonamides is 1. The van der Waals surface area contributed by atoms with E-state index in [9.17, 15) is 18.0 Å². The molecule has 1 aliphatic heterocycles. The number of ether oxygens (including phenoxy) is 1. The van der Waals surface area contributed by atoms with Crippen molar-refractivity contribution < 1.29 is 22.7 Å². The number of hydrogen-bond donors (Lipinski definition) is 1. The number of aryl methyl sites for hydroxylation is 1. The molecule has 0 spiro atoms. The van der Waals surface area contributed by atoms with E-state index in [0.29, 0.717) is 30.3 Å². The summed E-state index contributed by atoms with van der Waals surface area (Å²) < 4.78 is 32.3. The molecule has 1 N–H and O–H groups in total. The van der Waals surface area contributed by atoms with Gasteiger partial charge in [0.05, 0.1) is 16.0 Å². The Bertz CT molecular complexity index is 1410. The molecule has 1 aromatic heterocycles. The lowest BCUT2D eigenvalue weighted by atomic mass is 9.84. The highest BCUT2D eigenvalue weighted by Crippen LogP contribution is 2.32. The molecule has 1 amide bonds. The number of aromatic nitrogens is 1. The number of carbonyl (C=O) groups excluding carboxylic acids is 2. The Hall–Kier alpha value is -3.30. The Labute approximate surface area is 210 Å². The minimum Gasteiger partial charge on any atom is -0.452 e. The van der Waals surface area contributed by atoms with E-state index in [1.165, 1.54) is 28.6 Å². The molecular weight excluding hydrogens is 478 g/mol. The molecule has 8 nitrogen and oxygen atoms in total. The van der Waals surface area contributed by atoms with E-state index >= 15 is 0 Å². The maximum atomic E-state index is 13.2. The van der Waals surface area contributed by atoms with Crippen molar-refractivity contribution in [2.75, 3.05) is 25.0 Å². The molecule has 36 heavy (non-hydrogen) atoms. The van der Waals surface area contributed by atoms with Gasteiger partial charge >= 0.3 is 5.97 Å². The molecule has 9 heteroatoms. The van der Waals surface area contributed by atoms with Crippen molar-refractivity contribution in [2.24, 2.45) is 5.92 Å². The van der Waals surface area contributed by atoms with Gasteiger partial charge in [0.2, 0.25) is 10.0 Å². The minimum atomic E-state index is -3.52. The third-order valence-corrected chi connectivity index (χ3v) is 8.80. The van der Waals surface area contributed by atoms with Crippen LogP contribution in [0.5, 0.6) is 0 Å². The first-order chi connectivity index (χ1) is 17.3. The van der Waals surface area contributed by atoms with Crippen LogP contribution in [0, 0.1) is 5.92 Å². The Morgan fingerprint density at radius 2 is 1.81 bits per heavy atom. The Morgan fingerprint density at radius 1 is 1.08 bits per heavy atom. The topological polar surface area (TPSA) is 106 Å². The molecule has 2 aliphatic rings. The number of benzene rings is 2. The minimum absolute atomic E-state index is 0.192. The van der Waals surface area contributed by atoms with Crippen LogP contribution in [0.4, 0.5) is 5.69 Å². The maximum Gasteiger partial charge on any atom is 0.339 e. The summed E-state index contributed by atoms with van der Waals surface area (Å²) in [5.41, 5.74) is 3.49. The first-order valence-electron chi connectivity index (χ1n) is 12.3. The zero-order chi connectivity index (χ0) is 25.3. The smallest absolute Gasteiger partial charge is 0.339 e. The van der Waals surface area contributed by atoms with Crippen molar-refractivity contribution >= 4 is 38.5 Å². The molecule has 5 rings (SSSR count). The Morgan fingerprint density at radius 3 is 2.56 bits per heavy atom. The summed E-state index contributed by atoms with van der Waals surface area (Å²) in [6.45, 7) is 2.76. The highest BCUT2D eigenvalue weighted by molar-refractivity contribution is 7.89. The average molecular weight is 508 g/mol. The molecule has 2 heterocycles. The molecule has 1 unspecified atom stereocenters. The first-order valence-corrected chi connectivity index (χ1v) is 13.7. The summed E-state index contributed by atoms with van der Waals surface area (Å²) in [6, 6.07) is 13.5. The fourth-order valence-electron chi connectivity index (χ4n) is 4.98. The number of nitrogens with one attached hydrogen (secondary N) is 1. The molecule has 0 bridgehead atoms. The van der Waals surface area contributed by atoms with E-state index in [2.05, 4.69) is 12.2 Å². The molecular formula is C27H29N3O5S. The number of fused-ring (bicyclic) bond motifs is 2. The predicted molar refractivity (Wildman–Crippen MR) is 136 cm³/mol. The SMILES string of the molecule is CC1CCc2nc3ccccc3c(C(=O)OCC(=O)Nc3ccc(S(=O)(=O)N4CCCC4)cc3)c2C1. The molecule has 188 valence electrons. The van der Waals surface area contributed by atoms with Gasteiger partial charge in [-0.15, -0.1) is 0 Å². The van der Waals surface area contributed by atoms with Gasteiger partial charge in [0.25, 0.3) is 5.91 Å². The molecule has 0 saturated carbocycles. The number of para-hydroxylation sites is 1. The molecule has 2 aromatic carbocycles. The predicted octanol–water partition coefficient (Wildman–Crippen LogP) is 3.94. The third-order valence-electron chi connectivity index (χ3n) is 6.88. The van der Waals surface area contributed by atoms with E-state index in [1.54, 1.807) is 0 Å². The molecule has 3 aromatic rings. The number of pyridine rings is 1. The fourth-order valence-corrected chi connectivity index (χ4v) is 6.50. The normalized spacial score (nSPS) is 18.1. The summed E-state index contributed by atoms with van der Waals surface area (Å²) in [5, 5.41) is 3.39. The quantitative estimate of drug-likeness (QED) is 0.507. The van der Waals surface area contributed by atoms with Gasteiger partial charge in [0.1, 0.15) is 0 Å². The lowest BCUT2D eigenvalue weighted by molar-refractivity contribution is -0.119. The van der Waals surface area contributed by atoms with Crippen molar-refractivity contribution in [2.45, 2.75) is 43.9 Å². The van der Waals surface area contributed by atoms with Crippen LogP contribution in [0.1, 0.15) is 47.8 Å². The molecule has 1 saturated heterocycles. The Balaban J connectivity index is 1.27. The van der Waals surface area contributed by atoms with Crippen molar-refractivity contribution in [1.29, 1.82) is 0 Å². The molecule has 1 aliphatic carbocycles. The molecule has 0 radical (unpaired) electrons. The van der Waals surface area contributed by atoms with Crippen molar-refractivity contribution in [3.8, 4) is 0 Å². The van der Waals surface area contributed by atoms with Gasteiger partial charge in [-0.1, -0.05) is 25.1 Å². The van der Waals surface area contributed by atoms with Gasteiger partial charge in [-0.25, -0.2) is 13.2 Å². The largest absolute Gasteiger partial charge is 0.452 e. The zero-order valence-corrected chi connectivity index (χ0v) is 21.0. The fraction of sp³-hybridized carbons (Fsp3) is 0.370. The lowest BCUT2D eigenvalue weighted by Crippen LogP contribution is -2.27. The van der Waals surface area contributed by atoms with Gasteiger partial charge < -0.3 is 10.1 Å². The third kappa shape index (κ3) is 4.85. The van der Waals surface area contributed by atoms with Crippen LogP contribution >= 0.6 is 0 Å². The summed E-state index contributed by atoms with van der Waals surface area (Å²) in [7, 11) is -3.52. The second-order valence-corrected chi connectivity index (χ2v) is 11.5. The molecule has 1 fully saturated rings. The van der Waals surface area contributed by atoms with Gasteiger partial charge in [-0.2, -0.15) is 4.31 Å². The molecule has 1 atom stereocenters. The van der Waals surface area contributed by atoms with Crippen LogP contribution in [0.15, 0.2) is 53.4 Å². The van der Waals surface area contributed by atoms with Crippen LogP contribution < -0.4 is 5.32 Å². The summed E-state index contributed by atoms with van der Waals surface area (Å²) in [4.78, 5) is 30.6. The van der Waals surface area contributed by atoms with Crippen LogP contribution in [-0.4, -0.2) is 49.3 Å². The number of anilines is 1. The lowest BCUT2D eigenvalue weighted by Gasteiger charge is -2.24. The maximum absolute atomic E-state index is 13.2. The van der Waals surface area contributed by atoms with Crippen LogP contribution in [0.3, 0.4) is 0 Å². The highest BCUT2D eigenvalue weighted by Gasteiger charge is 2.28. The van der Waals surface area contributed by atoms with Crippen molar-refractivity contribution in [3.05, 3.63) is 65.4 Å². The van der Waals surface area contributed by atoms with E-state index in [0.717, 1.165) is 54.3 Å². The standard InChI is InChI=1S/C27H29N3O5S/c1-18-8-13-24-22(16-18)26(21-6-2-3-7-23(21)29-24)27(32)35-17-25(31)28-19-9-11-20(12-10-19)36(33,34)30-14-4-5-15-30/h2-3,6-7,9-12,18H,4-5,8,13-17H2,1H3,(H,28,31). The van der Waals surface area contributed by atoms with Crippen molar-refractivity contribution in [3.63, 3.8) is 0 Å². The number of carbonyl (C=O) groups is 2. The Kier molecular flexibility index (Phi) is 6.77. The van der Waals surface area contributed by atoms with E-state index in [4.69, 9.17) is 9.72 Å². The monoisotopic (exact) mass is 507 g/mol. The van der Waals surface area contributed by atoms with E-state index < -0.39 is 28.5 Å². The first kappa shape index (κ1) is 24.4.